The van der Waals surface area contributed by atoms with Crippen molar-refractivity contribution in [3.05, 3.63) is 77.5 Å². The summed E-state index contributed by atoms with van der Waals surface area (Å²) < 4.78 is 68.5. The lowest BCUT2D eigenvalue weighted by molar-refractivity contribution is -0.438. The minimum absolute atomic E-state index is 0.101. The molecular weight excluding hydrogens is 641 g/mol. The van der Waals surface area contributed by atoms with E-state index in [0.29, 0.717) is 19.5 Å². The first-order valence-corrected chi connectivity index (χ1v) is 19.3. The highest BCUT2D eigenvalue weighted by Gasteiger charge is 2.45. The molecule has 0 saturated heterocycles. The van der Waals surface area contributed by atoms with E-state index >= 15 is 0 Å². The third kappa shape index (κ3) is 8.22. The van der Waals surface area contributed by atoms with E-state index in [2.05, 4.69) is 35.5 Å². The monoisotopic (exact) mass is 687 g/mol. The van der Waals surface area contributed by atoms with Crippen molar-refractivity contribution < 1.29 is 40.4 Å². The average Bonchev–Trinajstić information content (AvgIpc) is 3.34. The number of hydrogen-bond donors (Lipinski definition) is 3. The molecule has 0 aromatic heterocycles. The van der Waals surface area contributed by atoms with Crippen LogP contribution in [0, 0.1) is 0 Å². The first-order valence-electron chi connectivity index (χ1n) is 16.2. The molecule has 2 aliphatic heterocycles. The van der Waals surface area contributed by atoms with E-state index in [4.69, 9.17) is 5.11 Å². The number of carboxylic acids is 1. The number of unbranched alkanes of at least 4 members (excludes halogenated alkanes) is 3. The van der Waals surface area contributed by atoms with Gasteiger partial charge in [-0.15, -0.1) is 0 Å². The zero-order valence-electron chi connectivity index (χ0n) is 27.6. The van der Waals surface area contributed by atoms with E-state index in [9.17, 15) is 30.7 Å². The van der Waals surface area contributed by atoms with Gasteiger partial charge in [-0.2, -0.15) is 21.4 Å². The SMILES string of the molecule is CCCCC1(C)/C(=C/C=C\C2=[N+](CCCCCC(=O)O)c3ccc(S(=O)(=O)O)cc3C2(C)C)N(CCCS(=O)(=O)O)c2ccccc21. The number of para-hydroxylation sites is 1. The smallest absolute Gasteiger partial charge is 0.303 e. The van der Waals surface area contributed by atoms with Gasteiger partial charge in [0, 0.05) is 53.9 Å². The molecule has 0 radical (unpaired) electrons. The number of carboxylic acid groups (broad SMARTS) is 1. The molecule has 12 heteroatoms. The molecule has 3 N–H and O–H groups in total. The second kappa shape index (κ2) is 14.4. The molecule has 2 heterocycles. The van der Waals surface area contributed by atoms with Crippen molar-refractivity contribution in [1.82, 2.24) is 0 Å². The van der Waals surface area contributed by atoms with E-state index in [1.54, 1.807) is 6.07 Å². The quantitative estimate of drug-likeness (QED) is 0.100. The van der Waals surface area contributed by atoms with Crippen LogP contribution in [0.1, 0.15) is 90.2 Å². The van der Waals surface area contributed by atoms with Crippen molar-refractivity contribution in [1.29, 1.82) is 0 Å². The Morgan fingerprint density at radius 3 is 2.32 bits per heavy atom. The van der Waals surface area contributed by atoms with Gasteiger partial charge >= 0.3 is 5.97 Å². The molecule has 0 fully saturated rings. The molecule has 1 unspecified atom stereocenters. The number of allylic oxidation sites excluding steroid dienone is 4. The summed E-state index contributed by atoms with van der Waals surface area (Å²) in [6, 6.07) is 12.8. The van der Waals surface area contributed by atoms with E-state index in [0.717, 1.165) is 60.5 Å². The summed E-state index contributed by atoms with van der Waals surface area (Å²) in [4.78, 5) is 13.0. The molecule has 4 rings (SSSR count). The number of nitrogens with zero attached hydrogens (tertiary/aromatic N) is 2. The summed E-state index contributed by atoms with van der Waals surface area (Å²) in [5, 5.41) is 9.05. The lowest BCUT2D eigenvalue weighted by Crippen LogP contribution is -2.30. The van der Waals surface area contributed by atoms with E-state index in [1.807, 2.05) is 44.2 Å². The molecule has 0 aliphatic carbocycles. The zero-order chi connectivity index (χ0) is 34.6. The van der Waals surface area contributed by atoms with Crippen molar-refractivity contribution in [2.45, 2.75) is 94.8 Å². The van der Waals surface area contributed by atoms with E-state index < -0.39 is 31.6 Å². The van der Waals surface area contributed by atoms with Crippen LogP contribution in [-0.4, -0.2) is 66.1 Å². The van der Waals surface area contributed by atoms with Crippen LogP contribution < -0.4 is 4.90 Å². The molecule has 0 spiro atoms. The Bertz CT molecular complexity index is 1810. The number of aliphatic carboxylic acids is 1. The van der Waals surface area contributed by atoms with Crippen LogP contribution in [0.15, 0.2) is 71.3 Å². The Balaban J connectivity index is 1.77. The Labute approximate surface area is 279 Å². The van der Waals surface area contributed by atoms with Gasteiger partial charge in [0.05, 0.1) is 16.1 Å². The Hall–Kier alpha value is -3.32. The van der Waals surface area contributed by atoms with Crippen LogP contribution in [0.5, 0.6) is 0 Å². The highest BCUT2D eigenvalue weighted by Crippen LogP contribution is 2.50. The topological polar surface area (TPSA) is 152 Å². The third-order valence-corrected chi connectivity index (χ3v) is 11.1. The van der Waals surface area contributed by atoms with Crippen molar-refractivity contribution in [3.8, 4) is 0 Å². The number of carbonyl (C=O) groups is 1. The maximum Gasteiger partial charge on any atom is 0.303 e. The first-order chi connectivity index (χ1) is 22.0. The fraction of sp³-hybridized carbons (Fsp3) is 0.486. The second-order valence-corrected chi connectivity index (χ2v) is 16.2. The number of benzene rings is 2. The molecule has 2 aromatic carbocycles. The summed E-state index contributed by atoms with van der Waals surface area (Å²) in [5.41, 5.74) is 4.79. The molecule has 2 aromatic rings. The number of fused-ring (bicyclic) bond motifs is 2. The summed E-state index contributed by atoms with van der Waals surface area (Å²) in [7, 11) is -8.52. The van der Waals surface area contributed by atoms with Crippen LogP contribution in [0.3, 0.4) is 0 Å². The van der Waals surface area contributed by atoms with E-state index in [1.165, 1.54) is 17.7 Å². The van der Waals surface area contributed by atoms with Gasteiger partial charge in [0.2, 0.25) is 5.69 Å². The average molecular weight is 688 g/mol. The molecule has 0 amide bonds. The second-order valence-electron chi connectivity index (χ2n) is 13.2. The highest BCUT2D eigenvalue weighted by molar-refractivity contribution is 7.86. The van der Waals surface area contributed by atoms with Crippen molar-refractivity contribution in [2.24, 2.45) is 0 Å². The Morgan fingerprint density at radius 1 is 0.936 bits per heavy atom. The number of hydrogen-bond acceptors (Lipinski definition) is 6. The predicted molar refractivity (Wildman–Crippen MR) is 184 cm³/mol. The molecule has 1 atom stereocenters. The highest BCUT2D eigenvalue weighted by atomic mass is 32.2. The molecule has 0 saturated carbocycles. The summed E-state index contributed by atoms with van der Waals surface area (Å²) >= 11 is 0. The standard InChI is InChI=1S/C35H46N2O8S2/c1-5-6-21-35(4)27-14-9-10-15-29(27)37(23-13-24-46(40,41)42)32(35)17-12-16-31-34(2,3)28-25-26(47(43,44)45)19-20-30(28)36(31)22-11-7-8-18-33(38)39/h9-10,12,14-17,19-20,25H,5-8,11,13,18,21-24H2,1-4H3,(H2-,38,39,40,41,42,43,44,45)/p+1. The fourth-order valence-electron chi connectivity index (χ4n) is 6.96. The molecule has 0 bridgehead atoms. The van der Waals surface area contributed by atoms with Gasteiger partial charge < -0.3 is 10.0 Å². The maximum atomic E-state index is 12.0. The van der Waals surface area contributed by atoms with Gasteiger partial charge in [-0.1, -0.05) is 44.0 Å². The largest absolute Gasteiger partial charge is 0.481 e. The van der Waals surface area contributed by atoms with Crippen molar-refractivity contribution in [3.63, 3.8) is 0 Å². The molecule has 10 nitrogen and oxygen atoms in total. The lowest BCUT2D eigenvalue weighted by Gasteiger charge is -2.30. The van der Waals surface area contributed by atoms with Gasteiger partial charge in [0.25, 0.3) is 20.2 Å². The summed E-state index contributed by atoms with van der Waals surface area (Å²) in [6.07, 6.45) is 11.4. The Morgan fingerprint density at radius 2 is 1.66 bits per heavy atom. The van der Waals surface area contributed by atoms with Crippen molar-refractivity contribution >= 4 is 43.3 Å². The van der Waals surface area contributed by atoms with Gasteiger partial charge in [-0.05, 0) is 76.3 Å². The Kier molecular flexibility index (Phi) is 11.2. The van der Waals surface area contributed by atoms with Gasteiger partial charge in [0.15, 0.2) is 5.71 Å². The van der Waals surface area contributed by atoms with Gasteiger partial charge in [0.1, 0.15) is 6.54 Å². The van der Waals surface area contributed by atoms with Crippen LogP contribution in [0.2, 0.25) is 0 Å². The predicted octanol–water partition coefficient (Wildman–Crippen LogP) is 6.64. The van der Waals surface area contributed by atoms with Crippen LogP contribution in [0.4, 0.5) is 11.4 Å². The summed E-state index contributed by atoms with van der Waals surface area (Å²) in [5.74, 6) is -1.16. The zero-order valence-corrected chi connectivity index (χ0v) is 29.3. The number of anilines is 1. The third-order valence-electron chi connectivity index (χ3n) is 9.40. The first kappa shape index (κ1) is 36.5. The maximum absolute atomic E-state index is 12.0. The lowest BCUT2D eigenvalue weighted by atomic mass is 9.77. The number of rotatable bonds is 16. The van der Waals surface area contributed by atoms with Gasteiger partial charge in [-0.25, -0.2) is 0 Å². The fourth-order valence-corrected chi connectivity index (χ4v) is 7.96. The van der Waals surface area contributed by atoms with Crippen LogP contribution >= 0.6 is 0 Å². The molecule has 256 valence electrons. The minimum atomic E-state index is -4.41. The van der Waals surface area contributed by atoms with Crippen molar-refractivity contribution in [2.75, 3.05) is 23.7 Å². The van der Waals surface area contributed by atoms with Gasteiger partial charge in [-0.3, -0.25) is 13.9 Å². The van der Waals surface area contributed by atoms with Crippen LogP contribution in [0.25, 0.3) is 0 Å². The van der Waals surface area contributed by atoms with Crippen LogP contribution in [-0.2, 0) is 35.9 Å². The molecule has 47 heavy (non-hydrogen) atoms. The van der Waals surface area contributed by atoms with E-state index in [-0.39, 0.29) is 28.9 Å². The molecule has 2 aliphatic rings. The normalized spacial score (nSPS) is 20.0. The summed E-state index contributed by atoms with van der Waals surface area (Å²) in [6.45, 7) is 9.39. The molecular formula is C35H47N2O8S2+. The minimum Gasteiger partial charge on any atom is -0.481 e.